The lowest BCUT2D eigenvalue weighted by molar-refractivity contribution is 0.391. The second kappa shape index (κ2) is 5.81. The minimum Gasteiger partial charge on any atom is -0.360 e. The summed E-state index contributed by atoms with van der Waals surface area (Å²) in [6, 6.07) is 8.95. The molecule has 7 heteroatoms. The lowest BCUT2D eigenvalue weighted by Crippen LogP contribution is -2.01. The zero-order valence-corrected chi connectivity index (χ0v) is 13.4. The van der Waals surface area contributed by atoms with E-state index in [4.69, 9.17) is 4.52 Å². The Bertz CT molecular complexity index is 840. The minimum absolute atomic E-state index is 0.274. The summed E-state index contributed by atoms with van der Waals surface area (Å²) in [6.45, 7) is 1.89. The first-order chi connectivity index (χ1) is 11.2. The van der Waals surface area contributed by atoms with Gasteiger partial charge in [-0.3, -0.25) is 4.57 Å². The number of rotatable bonds is 5. The molecule has 0 aliphatic heterocycles. The van der Waals surface area contributed by atoms with Crippen LogP contribution in [0.1, 0.15) is 30.3 Å². The van der Waals surface area contributed by atoms with E-state index in [1.165, 1.54) is 17.8 Å². The van der Waals surface area contributed by atoms with Crippen LogP contribution in [0.3, 0.4) is 0 Å². The molecule has 4 rings (SSSR count). The Morgan fingerprint density at radius 1 is 1.30 bits per heavy atom. The monoisotopic (exact) mass is 330 g/mol. The van der Waals surface area contributed by atoms with Gasteiger partial charge in [0.05, 0.1) is 17.0 Å². The van der Waals surface area contributed by atoms with Gasteiger partial charge in [0.25, 0.3) is 0 Å². The van der Waals surface area contributed by atoms with Crippen LogP contribution in [0.2, 0.25) is 0 Å². The first-order valence-electron chi connectivity index (χ1n) is 7.47. The molecule has 118 valence electrons. The van der Waals surface area contributed by atoms with Gasteiger partial charge in [0.1, 0.15) is 11.6 Å². The largest absolute Gasteiger partial charge is 0.360 e. The van der Waals surface area contributed by atoms with Crippen molar-refractivity contribution in [1.82, 2.24) is 19.9 Å². The number of halogens is 1. The van der Waals surface area contributed by atoms with Crippen LogP contribution in [0.4, 0.5) is 4.39 Å². The Balaban J connectivity index is 1.64. The summed E-state index contributed by atoms with van der Waals surface area (Å²) < 4.78 is 21.4. The number of thioether (sulfide) groups is 1. The molecule has 0 bridgehead atoms. The Morgan fingerprint density at radius 3 is 2.83 bits per heavy atom. The van der Waals surface area contributed by atoms with Gasteiger partial charge in [0.2, 0.25) is 0 Å². The maximum Gasteiger partial charge on any atom is 0.192 e. The van der Waals surface area contributed by atoms with Crippen molar-refractivity contribution in [3.8, 4) is 11.4 Å². The van der Waals surface area contributed by atoms with Crippen LogP contribution in [-0.4, -0.2) is 19.9 Å². The minimum atomic E-state index is -0.274. The highest BCUT2D eigenvalue weighted by Gasteiger charge is 2.31. The van der Waals surface area contributed by atoms with Gasteiger partial charge in [-0.05, 0) is 31.9 Å². The van der Waals surface area contributed by atoms with E-state index in [0.717, 1.165) is 29.5 Å². The van der Waals surface area contributed by atoms with E-state index in [1.54, 1.807) is 12.1 Å². The van der Waals surface area contributed by atoms with E-state index in [0.29, 0.717) is 23.2 Å². The molecular formula is C16H15FN4OS. The van der Waals surface area contributed by atoms with E-state index in [2.05, 4.69) is 15.4 Å². The molecule has 1 saturated carbocycles. The average molecular weight is 330 g/mol. The molecule has 3 aromatic rings. The lowest BCUT2D eigenvalue weighted by atomic mass is 10.2. The first-order valence-corrected chi connectivity index (χ1v) is 8.46. The van der Waals surface area contributed by atoms with Crippen LogP contribution in [0.5, 0.6) is 0 Å². The Hall–Kier alpha value is -2.15. The number of hydrogen-bond donors (Lipinski definition) is 0. The molecule has 0 atom stereocenters. The quantitative estimate of drug-likeness (QED) is 0.662. The molecule has 1 aromatic carbocycles. The van der Waals surface area contributed by atoms with Crippen molar-refractivity contribution in [2.24, 2.45) is 0 Å². The third-order valence-corrected chi connectivity index (χ3v) is 4.68. The van der Waals surface area contributed by atoms with E-state index < -0.39 is 0 Å². The molecule has 0 amide bonds. The van der Waals surface area contributed by atoms with Gasteiger partial charge in [0, 0.05) is 12.1 Å². The first kappa shape index (κ1) is 14.4. The van der Waals surface area contributed by atoms with Crippen molar-refractivity contribution in [3.05, 3.63) is 47.6 Å². The van der Waals surface area contributed by atoms with Crippen LogP contribution in [0.15, 0.2) is 40.0 Å². The number of benzene rings is 1. The van der Waals surface area contributed by atoms with Crippen LogP contribution in [-0.2, 0) is 5.75 Å². The van der Waals surface area contributed by atoms with Gasteiger partial charge in [-0.15, -0.1) is 10.2 Å². The van der Waals surface area contributed by atoms with Crippen LogP contribution >= 0.6 is 11.8 Å². The molecular weight excluding hydrogens is 315 g/mol. The summed E-state index contributed by atoms with van der Waals surface area (Å²) in [7, 11) is 0. The molecule has 0 radical (unpaired) electrons. The van der Waals surface area contributed by atoms with Crippen LogP contribution in [0.25, 0.3) is 11.4 Å². The maximum atomic E-state index is 14.1. The average Bonchev–Trinajstić information content (AvgIpc) is 3.16. The van der Waals surface area contributed by atoms with Crippen molar-refractivity contribution in [3.63, 3.8) is 0 Å². The number of aryl methyl sites for hydroxylation is 1. The highest BCUT2D eigenvalue weighted by atomic mass is 32.2. The fourth-order valence-corrected chi connectivity index (χ4v) is 3.36. The predicted molar refractivity (Wildman–Crippen MR) is 84.5 cm³/mol. The zero-order chi connectivity index (χ0) is 15.8. The summed E-state index contributed by atoms with van der Waals surface area (Å²) in [4.78, 5) is 0. The van der Waals surface area contributed by atoms with E-state index in [1.807, 2.05) is 23.6 Å². The second-order valence-electron chi connectivity index (χ2n) is 5.61. The summed E-state index contributed by atoms with van der Waals surface area (Å²) in [5, 5.41) is 13.2. The molecule has 0 saturated heterocycles. The smallest absolute Gasteiger partial charge is 0.192 e. The third kappa shape index (κ3) is 2.88. The van der Waals surface area contributed by atoms with Gasteiger partial charge in [-0.25, -0.2) is 4.39 Å². The molecule has 0 unspecified atom stereocenters. The zero-order valence-electron chi connectivity index (χ0n) is 12.6. The van der Waals surface area contributed by atoms with E-state index in [-0.39, 0.29) is 5.82 Å². The second-order valence-corrected chi connectivity index (χ2v) is 6.55. The highest BCUT2D eigenvalue weighted by Crippen LogP contribution is 2.41. The Morgan fingerprint density at radius 2 is 2.13 bits per heavy atom. The molecule has 1 fully saturated rings. The Labute approximate surface area is 136 Å². The van der Waals surface area contributed by atoms with Gasteiger partial charge in [0.15, 0.2) is 11.0 Å². The predicted octanol–water partition coefficient (Wildman–Crippen LogP) is 4.01. The topological polar surface area (TPSA) is 56.7 Å². The van der Waals surface area contributed by atoms with Gasteiger partial charge >= 0.3 is 0 Å². The summed E-state index contributed by atoms with van der Waals surface area (Å²) >= 11 is 1.54. The van der Waals surface area contributed by atoms with Crippen LogP contribution in [0, 0.1) is 12.7 Å². The maximum absolute atomic E-state index is 14.1. The van der Waals surface area contributed by atoms with Crippen molar-refractivity contribution >= 4 is 11.8 Å². The number of aromatic nitrogens is 4. The number of hydrogen-bond acceptors (Lipinski definition) is 5. The molecule has 1 aliphatic carbocycles. The molecule has 5 nitrogen and oxygen atoms in total. The molecule has 2 aromatic heterocycles. The third-order valence-electron chi connectivity index (χ3n) is 3.71. The highest BCUT2D eigenvalue weighted by molar-refractivity contribution is 7.98. The Kier molecular flexibility index (Phi) is 3.65. The van der Waals surface area contributed by atoms with Crippen LogP contribution < -0.4 is 0 Å². The molecule has 23 heavy (non-hydrogen) atoms. The summed E-state index contributed by atoms with van der Waals surface area (Å²) in [6.07, 6.45) is 2.16. The number of nitrogens with zero attached hydrogens (tertiary/aromatic N) is 4. The summed E-state index contributed by atoms with van der Waals surface area (Å²) in [5.74, 6) is 1.75. The van der Waals surface area contributed by atoms with Crippen molar-refractivity contribution in [2.75, 3.05) is 0 Å². The van der Waals surface area contributed by atoms with Crippen molar-refractivity contribution in [1.29, 1.82) is 0 Å². The van der Waals surface area contributed by atoms with Crippen molar-refractivity contribution < 1.29 is 8.91 Å². The van der Waals surface area contributed by atoms with Crippen molar-refractivity contribution in [2.45, 2.75) is 36.7 Å². The molecule has 0 N–H and O–H groups in total. The van der Waals surface area contributed by atoms with Gasteiger partial charge in [-0.1, -0.05) is 29.1 Å². The SMILES string of the molecule is Cc1cc(CSc2nnc(-c3ccccc3F)n2C2CC2)on1. The van der Waals surface area contributed by atoms with E-state index >= 15 is 0 Å². The lowest BCUT2D eigenvalue weighted by Gasteiger charge is -2.08. The molecule has 0 spiro atoms. The standard InChI is InChI=1S/C16H15FN4OS/c1-10-8-12(22-20-10)9-23-16-19-18-15(21(16)11-6-7-11)13-4-2-3-5-14(13)17/h2-5,8,11H,6-7,9H2,1H3. The summed E-state index contributed by atoms with van der Waals surface area (Å²) in [5.41, 5.74) is 1.35. The fourth-order valence-electron chi connectivity index (χ4n) is 2.48. The van der Waals surface area contributed by atoms with Gasteiger partial charge < -0.3 is 4.52 Å². The van der Waals surface area contributed by atoms with E-state index in [9.17, 15) is 4.39 Å². The molecule has 2 heterocycles. The fraction of sp³-hybridized carbons (Fsp3) is 0.312. The normalized spacial score (nSPS) is 14.3. The molecule has 1 aliphatic rings. The van der Waals surface area contributed by atoms with Gasteiger partial charge in [-0.2, -0.15) is 0 Å².